The van der Waals surface area contributed by atoms with Gasteiger partial charge in [0.15, 0.2) is 5.82 Å². The molecule has 2 aromatic carbocycles. The third-order valence-corrected chi connectivity index (χ3v) is 4.59. The molecular weight excluding hydrogens is 473 g/mol. The van der Waals surface area contributed by atoms with Crippen LogP contribution in [0.2, 0.25) is 0 Å². The van der Waals surface area contributed by atoms with Crippen LogP contribution in [0.15, 0.2) is 36.4 Å². The number of hydrogen-bond donors (Lipinski definition) is 4. The van der Waals surface area contributed by atoms with E-state index in [2.05, 4.69) is 15.3 Å². The highest BCUT2D eigenvalue weighted by Crippen LogP contribution is 2.37. The number of amides is 1. The van der Waals surface area contributed by atoms with Crippen LogP contribution in [0, 0.1) is 5.82 Å². The van der Waals surface area contributed by atoms with E-state index in [1.807, 2.05) is 0 Å². The minimum atomic E-state index is -4.69. The summed E-state index contributed by atoms with van der Waals surface area (Å²) in [7, 11) is 0. The summed E-state index contributed by atoms with van der Waals surface area (Å²) >= 11 is 0. The molecule has 3 rings (SSSR count). The molecule has 6 nitrogen and oxygen atoms in total. The number of halogens is 6. The van der Waals surface area contributed by atoms with Crippen molar-refractivity contribution in [2.24, 2.45) is 11.5 Å². The van der Waals surface area contributed by atoms with Crippen LogP contribution in [0.1, 0.15) is 29.0 Å². The van der Waals surface area contributed by atoms with Crippen molar-refractivity contribution in [1.29, 1.82) is 0 Å². The number of nitrogens with two attached hydrogens (primary N) is 2. The molecule has 6 N–H and O–H groups in total. The molecule has 0 bridgehead atoms. The Bertz CT molecular complexity index is 1040. The normalized spacial score (nSPS) is 12.1. The van der Waals surface area contributed by atoms with Crippen LogP contribution in [0.5, 0.6) is 0 Å². The first-order valence-corrected chi connectivity index (χ1v) is 9.29. The van der Waals surface area contributed by atoms with E-state index in [1.54, 1.807) is 0 Å². The van der Waals surface area contributed by atoms with Gasteiger partial charge in [-0.1, -0.05) is 12.1 Å². The van der Waals surface area contributed by atoms with Crippen molar-refractivity contribution in [3.63, 3.8) is 0 Å². The third kappa shape index (κ3) is 6.55. The maximum atomic E-state index is 13.6. The van der Waals surface area contributed by atoms with Gasteiger partial charge in [-0.15, -0.1) is 24.8 Å². The molecule has 0 radical (unpaired) electrons. The van der Waals surface area contributed by atoms with Crippen LogP contribution in [0.4, 0.5) is 17.6 Å². The van der Waals surface area contributed by atoms with Crippen LogP contribution in [-0.4, -0.2) is 35.0 Å². The smallest absolute Gasteiger partial charge is 0.348 e. The zero-order chi connectivity index (χ0) is 21.9. The lowest BCUT2D eigenvalue weighted by Crippen LogP contribution is -2.37. The monoisotopic (exact) mass is 495 g/mol. The Kier molecular flexibility index (Phi) is 9.90. The third-order valence-electron chi connectivity index (χ3n) is 4.59. The first-order valence-electron chi connectivity index (χ1n) is 9.29. The lowest BCUT2D eigenvalue weighted by atomic mass is 10.0. The van der Waals surface area contributed by atoms with Crippen molar-refractivity contribution in [2.45, 2.75) is 25.1 Å². The molecule has 0 aliphatic carbocycles. The standard InChI is InChI=1S/C20H21F4N5O.2ClH/c21-13-5-3-11(4-6-13)12-8-15(20(22,23)24)17-16(9-12)28-18(29-17)19(30)27-10-14(26)2-1-7-25;;/h3-6,8-9,14H,1-2,7,10,25-26H2,(H,27,30)(H,28,29);2*1H. The van der Waals surface area contributed by atoms with Crippen molar-refractivity contribution >= 4 is 41.8 Å². The molecule has 1 aromatic heterocycles. The maximum absolute atomic E-state index is 13.6. The number of alkyl halides is 3. The highest BCUT2D eigenvalue weighted by atomic mass is 35.5. The predicted octanol–water partition coefficient (Wildman–Crippen LogP) is 4.03. The Morgan fingerprint density at radius 3 is 2.38 bits per heavy atom. The van der Waals surface area contributed by atoms with Crippen LogP contribution in [0.3, 0.4) is 0 Å². The lowest BCUT2D eigenvalue weighted by molar-refractivity contribution is -0.136. The van der Waals surface area contributed by atoms with E-state index in [1.165, 1.54) is 18.2 Å². The van der Waals surface area contributed by atoms with Gasteiger partial charge >= 0.3 is 6.18 Å². The number of hydrogen-bond acceptors (Lipinski definition) is 4. The number of carbonyl (C=O) groups excluding carboxylic acids is 1. The van der Waals surface area contributed by atoms with Gasteiger partial charge in [0.25, 0.3) is 5.91 Å². The molecule has 0 saturated carbocycles. The van der Waals surface area contributed by atoms with Gasteiger partial charge in [-0.2, -0.15) is 13.2 Å². The van der Waals surface area contributed by atoms with Crippen LogP contribution in [0.25, 0.3) is 22.2 Å². The highest BCUT2D eigenvalue weighted by molar-refractivity contribution is 5.96. The number of aromatic nitrogens is 2. The van der Waals surface area contributed by atoms with E-state index in [-0.39, 0.29) is 59.8 Å². The number of benzene rings is 2. The summed E-state index contributed by atoms with van der Waals surface area (Å²) in [6, 6.07) is 7.12. The second-order valence-corrected chi connectivity index (χ2v) is 6.91. The van der Waals surface area contributed by atoms with Crippen molar-refractivity contribution in [2.75, 3.05) is 13.1 Å². The van der Waals surface area contributed by atoms with Gasteiger partial charge < -0.3 is 21.8 Å². The minimum absolute atomic E-state index is 0. The molecule has 0 aliphatic heterocycles. The fraction of sp³-hybridized carbons (Fsp3) is 0.300. The first-order chi connectivity index (χ1) is 14.2. The van der Waals surface area contributed by atoms with Gasteiger partial charge in [-0.25, -0.2) is 9.37 Å². The Morgan fingerprint density at radius 2 is 1.78 bits per heavy atom. The summed E-state index contributed by atoms with van der Waals surface area (Å²) in [6.45, 7) is 0.616. The molecule has 1 atom stereocenters. The average Bonchev–Trinajstić information content (AvgIpc) is 3.13. The number of rotatable bonds is 7. The highest BCUT2D eigenvalue weighted by Gasteiger charge is 2.35. The SMILES string of the molecule is Cl.Cl.NCCCC(N)CNC(=O)c1nc2c(C(F)(F)F)cc(-c3ccc(F)cc3)cc2[nH]1. The molecule has 0 aliphatic rings. The number of carbonyl (C=O) groups is 1. The summed E-state index contributed by atoms with van der Waals surface area (Å²) in [4.78, 5) is 18.8. The molecule has 0 saturated heterocycles. The summed E-state index contributed by atoms with van der Waals surface area (Å²) in [6.07, 6.45) is -3.39. The first kappa shape index (κ1) is 27.6. The largest absolute Gasteiger partial charge is 0.418 e. The van der Waals surface area contributed by atoms with Crippen molar-refractivity contribution in [1.82, 2.24) is 15.3 Å². The van der Waals surface area contributed by atoms with E-state index in [4.69, 9.17) is 11.5 Å². The summed E-state index contributed by atoms with van der Waals surface area (Å²) in [5.41, 5.74) is 10.6. The van der Waals surface area contributed by atoms with Gasteiger partial charge in [0, 0.05) is 12.6 Å². The van der Waals surface area contributed by atoms with Crippen molar-refractivity contribution in [3.05, 3.63) is 53.6 Å². The topological polar surface area (TPSA) is 110 Å². The fourth-order valence-corrected chi connectivity index (χ4v) is 3.04. The molecule has 12 heteroatoms. The van der Waals surface area contributed by atoms with Gasteiger partial charge in [0.05, 0.1) is 11.1 Å². The number of aromatic amines is 1. The zero-order valence-corrected chi connectivity index (χ0v) is 18.3. The van der Waals surface area contributed by atoms with E-state index in [9.17, 15) is 22.4 Å². The fourth-order valence-electron chi connectivity index (χ4n) is 3.04. The molecule has 32 heavy (non-hydrogen) atoms. The van der Waals surface area contributed by atoms with Gasteiger partial charge in [0.1, 0.15) is 11.3 Å². The Labute approximate surface area is 194 Å². The quantitative estimate of drug-likeness (QED) is 0.371. The van der Waals surface area contributed by atoms with Crippen molar-refractivity contribution in [3.8, 4) is 11.1 Å². The van der Waals surface area contributed by atoms with Gasteiger partial charge in [-0.3, -0.25) is 4.79 Å². The molecule has 176 valence electrons. The van der Waals surface area contributed by atoms with E-state index in [0.29, 0.717) is 24.9 Å². The van der Waals surface area contributed by atoms with Crippen LogP contribution < -0.4 is 16.8 Å². The minimum Gasteiger partial charge on any atom is -0.348 e. The molecule has 1 unspecified atom stereocenters. The molecule has 1 amide bonds. The van der Waals surface area contributed by atoms with Crippen LogP contribution >= 0.6 is 24.8 Å². The number of nitrogens with zero attached hydrogens (tertiary/aromatic N) is 1. The zero-order valence-electron chi connectivity index (χ0n) is 16.7. The number of nitrogens with one attached hydrogen (secondary N) is 2. The summed E-state index contributed by atoms with van der Waals surface area (Å²) in [5, 5.41) is 2.56. The molecule has 0 spiro atoms. The maximum Gasteiger partial charge on any atom is 0.418 e. The van der Waals surface area contributed by atoms with E-state index in [0.717, 1.165) is 18.2 Å². The Balaban J connectivity index is 0.00000256. The summed E-state index contributed by atoms with van der Waals surface area (Å²) < 4.78 is 54.0. The molecular formula is C20H23Cl2F4N5O. The number of fused-ring (bicyclic) bond motifs is 1. The second-order valence-electron chi connectivity index (χ2n) is 6.91. The summed E-state index contributed by atoms with van der Waals surface area (Å²) in [5.74, 6) is -1.41. The lowest BCUT2D eigenvalue weighted by Gasteiger charge is -2.11. The Morgan fingerprint density at radius 1 is 1.12 bits per heavy atom. The predicted molar refractivity (Wildman–Crippen MR) is 120 cm³/mol. The van der Waals surface area contributed by atoms with Crippen molar-refractivity contribution < 1.29 is 22.4 Å². The Hall–Kier alpha value is -2.40. The van der Waals surface area contributed by atoms with Crippen LogP contribution in [-0.2, 0) is 6.18 Å². The average molecular weight is 496 g/mol. The molecule has 0 fully saturated rings. The number of H-pyrrole nitrogens is 1. The van der Waals surface area contributed by atoms with Gasteiger partial charge in [0.2, 0.25) is 0 Å². The number of imidazole rings is 1. The second kappa shape index (κ2) is 11.5. The molecule has 3 aromatic rings. The van der Waals surface area contributed by atoms with Gasteiger partial charge in [-0.05, 0) is 54.8 Å². The molecule has 1 heterocycles. The van der Waals surface area contributed by atoms with E-state index >= 15 is 0 Å². The van der Waals surface area contributed by atoms with E-state index < -0.39 is 23.5 Å².